The molecule has 0 aromatic rings. The molecule has 0 aromatic heterocycles. The van der Waals surface area contributed by atoms with E-state index in [0.29, 0.717) is 6.61 Å². The van der Waals surface area contributed by atoms with E-state index in [-0.39, 0.29) is 12.6 Å². The maximum absolute atomic E-state index is 10.5. The first kappa shape index (κ1) is 11.0. The highest BCUT2D eigenvalue weighted by molar-refractivity contribution is 5.66. The Labute approximate surface area is 72.1 Å². The van der Waals surface area contributed by atoms with Crippen LogP contribution in [0.5, 0.6) is 0 Å². The average Bonchev–Trinajstić information content (AvgIpc) is 2.00. The zero-order valence-electron chi connectivity index (χ0n) is 7.41. The normalized spacial score (nSPS) is 11.8. The lowest BCUT2D eigenvalue weighted by Gasteiger charge is -2.15. The maximum atomic E-state index is 10.5. The molecule has 0 aromatic carbocycles. The van der Waals surface area contributed by atoms with Crippen LogP contribution in [0.2, 0.25) is 0 Å². The number of carbonyl (C=O) groups excluding carboxylic acids is 1. The fourth-order valence-corrected chi connectivity index (χ4v) is 0.634. The minimum absolute atomic E-state index is 0.178. The molecule has 0 aliphatic carbocycles. The van der Waals surface area contributed by atoms with Gasteiger partial charge in [-0.15, -0.1) is 0 Å². The molecular formula is C8H14O4. The molecule has 0 aliphatic heterocycles. The van der Waals surface area contributed by atoms with E-state index in [4.69, 9.17) is 14.2 Å². The molecule has 0 amide bonds. The Hall–Kier alpha value is -1.03. The van der Waals surface area contributed by atoms with Gasteiger partial charge in [-0.3, -0.25) is 4.79 Å². The molecule has 0 saturated heterocycles. The fourth-order valence-electron chi connectivity index (χ4n) is 0.634. The summed E-state index contributed by atoms with van der Waals surface area (Å²) < 4.78 is 14.6. The Morgan fingerprint density at radius 1 is 1.67 bits per heavy atom. The molecule has 0 rings (SSSR count). The molecule has 0 spiro atoms. The quantitative estimate of drug-likeness (QED) is 0.343. The molecular weight excluding hydrogens is 160 g/mol. The zero-order chi connectivity index (χ0) is 9.40. The number of hydrogen-bond donors (Lipinski definition) is 0. The second-order valence-electron chi connectivity index (χ2n) is 1.99. The first-order valence-electron chi connectivity index (χ1n) is 3.72. The highest BCUT2D eigenvalue weighted by atomic mass is 16.7. The second kappa shape index (κ2) is 6.67. The summed E-state index contributed by atoms with van der Waals surface area (Å²) in [4.78, 5) is 10.5. The van der Waals surface area contributed by atoms with Crippen molar-refractivity contribution in [2.75, 3.05) is 13.2 Å². The van der Waals surface area contributed by atoms with Gasteiger partial charge in [0.1, 0.15) is 6.61 Å². The molecule has 0 aliphatic rings. The molecule has 4 nitrogen and oxygen atoms in total. The van der Waals surface area contributed by atoms with Crippen LogP contribution < -0.4 is 0 Å². The van der Waals surface area contributed by atoms with Crippen LogP contribution in [-0.2, 0) is 19.0 Å². The minimum atomic E-state index is -0.634. The summed E-state index contributed by atoms with van der Waals surface area (Å²) in [6.45, 7) is 7.13. The van der Waals surface area contributed by atoms with Crippen molar-refractivity contribution in [3.05, 3.63) is 12.8 Å². The molecule has 0 bridgehead atoms. The van der Waals surface area contributed by atoms with Crippen LogP contribution >= 0.6 is 0 Å². The fraction of sp³-hybridized carbons (Fsp3) is 0.625. The highest BCUT2D eigenvalue weighted by Crippen LogP contribution is 1.96. The molecule has 0 saturated carbocycles. The second-order valence-corrected chi connectivity index (χ2v) is 1.99. The SMILES string of the molecule is C=COCC(OCC)OC(C)=O. The van der Waals surface area contributed by atoms with E-state index >= 15 is 0 Å². The number of esters is 1. The van der Waals surface area contributed by atoms with Crippen LogP contribution in [0.1, 0.15) is 13.8 Å². The molecule has 12 heavy (non-hydrogen) atoms. The van der Waals surface area contributed by atoms with Gasteiger partial charge in [0.25, 0.3) is 0 Å². The summed E-state index contributed by atoms with van der Waals surface area (Å²) >= 11 is 0. The van der Waals surface area contributed by atoms with Crippen LogP contribution in [0.25, 0.3) is 0 Å². The van der Waals surface area contributed by atoms with Crippen molar-refractivity contribution in [3.63, 3.8) is 0 Å². The maximum Gasteiger partial charge on any atom is 0.305 e. The van der Waals surface area contributed by atoms with Crippen LogP contribution in [0.4, 0.5) is 0 Å². The molecule has 0 fully saturated rings. The molecule has 0 heterocycles. The summed E-state index contributed by atoms with van der Waals surface area (Å²) in [7, 11) is 0. The third-order valence-corrected chi connectivity index (χ3v) is 1.00. The van der Waals surface area contributed by atoms with Gasteiger partial charge in [-0.05, 0) is 6.92 Å². The summed E-state index contributed by atoms with van der Waals surface area (Å²) in [5.41, 5.74) is 0. The Morgan fingerprint density at radius 2 is 2.33 bits per heavy atom. The number of ether oxygens (including phenoxy) is 3. The van der Waals surface area contributed by atoms with E-state index in [9.17, 15) is 4.79 Å². The van der Waals surface area contributed by atoms with Gasteiger partial charge in [-0.1, -0.05) is 6.58 Å². The lowest BCUT2D eigenvalue weighted by molar-refractivity contribution is -0.183. The van der Waals surface area contributed by atoms with Crippen molar-refractivity contribution in [1.82, 2.24) is 0 Å². The van der Waals surface area contributed by atoms with Gasteiger partial charge < -0.3 is 14.2 Å². The van der Waals surface area contributed by atoms with Crippen molar-refractivity contribution >= 4 is 5.97 Å². The van der Waals surface area contributed by atoms with Gasteiger partial charge in [0.15, 0.2) is 0 Å². The Balaban J connectivity index is 3.68. The van der Waals surface area contributed by atoms with E-state index in [2.05, 4.69) is 6.58 Å². The topological polar surface area (TPSA) is 44.8 Å². The zero-order valence-corrected chi connectivity index (χ0v) is 7.41. The van der Waals surface area contributed by atoms with E-state index < -0.39 is 6.29 Å². The van der Waals surface area contributed by atoms with Gasteiger partial charge in [0, 0.05) is 13.5 Å². The number of rotatable bonds is 6. The number of hydrogen-bond acceptors (Lipinski definition) is 4. The standard InChI is InChI=1S/C8H14O4/c1-4-10-6-8(11-5-2)12-7(3)9/h4,8H,1,5-6H2,2-3H3. The third kappa shape index (κ3) is 5.73. The molecule has 1 atom stereocenters. The van der Waals surface area contributed by atoms with E-state index in [1.807, 2.05) is 6.92 Å². The lowest BCUT2D eigenvalue weighted by Crippen LogP contribution is -2.24. The molecule has 0 radical (unpaired) electrons. The first-order valence-corrected chi connectivity index (χ1v) is 3.72. The minimum Gasteiger partial charge on any atom is -0.495 e. The summed E-state index contributed by atoms with van der Waals surface area (Å²) in [6, 6.07) is 0. The third-order valence-electron chi connectivity index (χ3n) is 1.00. The van der Waals surface area contributed by atoms with Crippen molar-refractivity contribution in [2.45, 2.75) is 20.1 Å². The Kier molecular flexibility index (Phi) is 6.09. The monoisotopic (exact) mass is 174 g/mol. The van der Waals surface area contributed by atoms with Gasteiger partial charge in [0.2, 0.25) is 6.29 Å². The van der Waals surface area contributed by atoms with E-state index in [0.717, 1.165) is 0 Å². The van der Waals surface area contributed by atoms with Crippen LogP contribution in [0.3, 0.4) is 0 Å². The summed E-state index contributed by atoms with van der Waals surface area (Å²) in [6.07, 6.45) is 0.640. The van der Waals surface area contributed by atoms with E-state index in [1.54, 1.807) is 0 Å². The van der Waals surface area contributed by atoms with E-state index in [1.165, 1.54) is 13.2 Å². The Morgan fingerprint density at radius 3 is 2.75 bits per heavy atom. The number of carbonyl (C=O) groups is 1. The smallest absolute Gasteiger partial charge is 0.305 e. The van der Waals surface area contributed by atoms with Crippen LogP contribution in [-0.4, -0.2) is 25.5 Å². The summed E-state index contributed by atoms with van der Waals surface area (Å²) in [5.74, 6) is -0.388. The van der Waals surface area contributed by atoms with Gasteiger partial charge in [0.05, 0.1) is 6.26 Å². The predicted molar refractivity (Wildman–Crippen MR) is 43.3 cm³/mol. The van der Waals surface area contributed by atoms with Gasteiger partial charge in [-0.25, -0.2) is 0 Å². The van der Waals surface area contributed by atoms with Crippen LogP contribution in [0, 0.1) is 0 Å². The van der Waals surface area contributed by atoms with Crippen molar-refractivity contribution in [2.24, 2.45) is 0 Å². The van der Waals surface area contributed by atoms with Crippen LogP contribution in [0.15, 0.2) is 12.8 Å². The molecule has 70 valence electrons. The van der Waals surface area contributed by atoms with Gasteiger partial charge in [-0.2, -0.15) is 0 Å². The van der Waals surface area contributed by atoms with Crippen molar-refractivity contribution in [3.8, 4) is 0 Å². The Bertz CT molecular complexity index is 144. The molecule has 0 N–H and O–H groups in total. The lowest BCUT2D eigenvalue weighted by atomic mass is 10.6. The predicted octanol–water partition coefficient (Wildman–Crippen LogP) is 1.07. The largest absolute Gasteiger partial charge is 0.495 e. The van der Waals surface area contributed by atoms with Crippen molar-refractivity contribution in [1.29, 1.82) is 0 Å². The highest BCUT2D eigenvalue weighted by Gasteiger charge is 2.10. The molecule has 4 heteroatoms. The van der Waals surface area contributed by atoms with Crippen molar-refractivity contribution < 1.29 is 19.0 Å². The molecule has 1 unspecified atom stereocenters. The summed E-state index contributed by atoms with van der Waals surface area (Å²) in [5, 5.41) is 0. The first-order chi connectivity index (χ1) is 5.70. The van der Waals surface area contributed by atoms with Gasteiger partial charge >= 0.3 is 5.97 Å². The average molecular weight is 174 g/mol.